The van der Waals surface area contributed by atoms with Crippen molar-refractivity contribution in [3.05, 3.63) is 18.1 Å². The van der Waals surface area contributed by atoms with E-state index in [2.05, 4.69) is 30.5 Å². The summed E-state index contributed by atoms with van der Waals surface area (Å²) in [5.41, 5.74) is 1.66. The molecular formula is C13H16N6OS. The van der Waals surface area contributed by atoms with E-state index in [0.717, 1.165) is 53.4 Å². The number of nitrogens with zero attached hydrogens (tertiary/aromatic N) is 4. The molecule has 3 rings (SSSR count). The smallest absolute Gasteiger partial charge is 0.225 e. The Hall–Kier alpha value is -2.06. The summed E-state index contributed by atoms with van der Waals surface area (Å²) in [7, 11) is 0. The fourth-order valence-electron chi connectivity index (χ4n) is 2.17. The molecule has 1 aliphatic heterocycles. The van der Waals surface area contributed by atoms with Crippen LogP contribution in [0.3, 0.4) is 0 Å². The molecule has 2 N–H and O–H groups in total. The molecule has 7 nitrogen and oxygen atoms in total. The van der Waals surface area contributed by atoms with Crippen LogP contribution in [0.2, 0.25) is 0 Å². The minimum atomic E-state index is 0.661. The van der Waals surface area contributed by atoms with Crippen molar-refractivity contribution in [3.63, 3.8) is 0 Å². The lowest BCUT2D eigenvalue weighted by molar-refractivity contribution is -0.105. The number of rotatable bonds is 4. The maximum Gasteiger partial charge on any atom is 0.225 e. The number of carbonyl (C=O) groups excluding carboxylic acids is 1. The molecule has 0 aromatic carbocycles. The van der Waals surface area contributed by atoms with Crippen molar-refractivity contribution in [2.45, 2.75) is 6.92 Å². The van der Waals surface area contributed by atoms with Gasteiger partial charge in [0, 0.05) is 44.1 Å². The van der Waals surface area contributed by atoms with Gasteiger partial charge in [-0.15, -0.1) is 0 Å². The average molecular weight is 304 g/mol. The van der Waals surface area contributed by atoms with Gasteiger partial charge in [-0.25, -0.2) is 15.0 Å². The molecule has 0 atom stereocenters. The Morgan fingerprint density at radius 3 is 2.71 bits per heavy atom. The van der Waals surface area contributed by atoms with Gasteiger partial charge < -0.3 is 15.5 Å². The highest BCUT2D eigenvalue weighted by Crippen LogP contribution is 2.31. The highest BCUT2D eigenvalue weighted by Gasteiger charge is 2.14. The zero-order valence-corrected chi connectivity index (χ0v) is 12.5. The number of hydrogen-bond acceptors (Lipinski definition) is 7. The molecule has 0 spiro atoms. The first-order valence-electron chi connectivity index (χ1n) is 6.73. The predicted octanol–water partition coefficient (Wildman–Crippen LogP) is 0.886. The minimum absolute atomic E-state index is 0.661. The number of anilines is 2. The standard InChI is InChI=1S/C13H16N6OS/c1-9-11(17-8-20)21-12(18-9)10-6-15-13(16-7-10)19-4-2-14-3-5-19/h6-8,14H,2-5H2,1H3,(H,17,20). The molecule has 3 heterocycles. The van der Waals surface area contributed by atoms with Crippen LogP contribution in [0.25, 0.3) is 10.6 Å². The molecule has 110 valence electrons. The molecule has 2 aromatic rings. The molecule has 1 fully saturated rings. The second kappa shape index (κ2) is 6.15. The number of hydrogen-bond donors (Lipinski definition) is 2. The zero-order chi connectivity index (χ0) is 14.7. The summed E-state index contributed by atoms with van der Waals surface area (Å²) < 4.78 is 0. The number of nitrogens with one attached hydrogen (secondary N) is 2. The Morgan fingerprint density at radius 1 is 1.33 bits per heavy atom. The van der Waals surface area contributed by atoms with Crippen LogP contribution in [-0.4, -0.2) is 47.5 Å². The van der Waals surface area contributed by atoms with Gasteiger partial charge in [-0.2, -0.15) is 0 Å². The highest BCUT2D eigenvalue weighted by atomic mass is 32.1. The van der Waals surface area contributed by atoms with E-state index in [-0.39, 0.29) is 0 Å². The van der Waals surface area contributed by atoms with Gasteiger partial charge in [0.15, 0.2) is 0 Å². The molecule has 0 saturated carbocycles. The maximum atomic E-state index is 10.5. The van der Waals surface area contributed by atoms with Gasteiger partial charge in [-0.05, 0) is 6.92 Å². The largest absolute Gasteiger partial charge is 0.338 e. The number of amides is 1. The van der Waals surface area contributed by atoms with Crippen molar-refractivity contribution in [3.8, 4) is 10.6 Å². The van der Waals surface area contributed by atoms with Crippen molar-refractivity contribution in [1.82, 2.24) is 20.3 Å². The van der Waals surface area contributed by atoms with E-state index in [1.807, 2.05) is 6.92 Å². The monoisotopic (exact) mass is 304 g/mol. The second-order valence-corrected chi connectivity index (χ2v) is 5.70. The Balaban J connectivity index is 1.80. The third-order valence-electron chi connectivity index (χ3n) is 3.27. The molecule has 0 radical (unpaired) electrons. The predicted molar refractivity (Wildman–Crippen MR) is 82.6 cm³/mol. The summed E-state index contributed by atoms with van der Waals surface area (Å²) in [6.07, 6.45) is 4.23. The quantitative estimate of drug-likeness (QED) is 0.816. The number of carbonyl (C=O) groups is 1. The Bertz CT molecular complexity index is 620. The van der Waals surface area contributed by atoms with Crippen LogP contribution in [0, 0.1) is 6.92 Å². The van der Waals surface area contributed by atoms with E-state index in [9.17, 15) is 4.79 Å². The summed E-state index contributed by atoms with van der Waals surface area (Å²) >= 11 is 1.42. The lowest BCUT2D eigenvalue weighted by Crippen LogP contribution is -2.44. The Kier molecular flexibility index (Phi) is 4.07. The van der Waals surface area contributed by atoms with E-state index in [0.29, 0.717) is 6.41 Å². The summed E-state index contributed by atoms with van der Waals surface area (Å²) in [6, 6.07) is 0. The summed E-state index contributed by atoms with van der Waals surface area (Å²) in [4.78, 5) is 26.0. The van der Waals surface area contributed by atoms with Crippen LogP contribution >= 0.6 is 11.3 Å². The first-order valence-corrected chi connectivity index (χ1v) is 7.55. The topological polar surface area (TPSA) is 83.0 Å². The van der Waals surface area contributed by atoms with E-state index in [4.69, 9.17) is 0 Å². The maximum absolute atomic E-state index is 10.5. The lowest BCUT2D eigenvalue weighted by Gasteiger charge is -2.27. The van der Waals surface area contributed by atoms with Gasteiger partial charge in [-0.1, -0.05) is 11.3 Å². The minimum Gasteiger partial charge on any atom is -0.338 e. The summed E-state index contributed by atoms with van der Waals surface area (Å²) in [5, 5.41) is 7.51. The normalized spacial score (nSPS) is 15.0. The second-order valence-electron chi connectivity index (χ2n) is 4.70. The number of thiazole rings is 1. The number of aryl methyl sites for hydroxylation is 1. The Morgan fingerprint density at radius 2 is 2.05 bits per heavy atom. The molecule has 1 saturated heterocycles. The Labute approximate surface area is 126 Å². The van der Waals surface area contributed by atoms with Crippen molar-refractivity contribution in [1.29, 1.82) is 0 Å². The van der Waals surface area contributed by atoms with E-state index in [1.165, 1.54) is 11.3 Å². The van der Waals surface area contributed by atoms with Crippen LogP contribution in [0.5, 0.6) is 0 Å². The lowest BCUT2D eigenvalue weighted by atomic mass is 10.3. The fourth-order valence-corrected chi connectivity index (χ4v) is 3.07. The molecule has 8 heteroatoms. The van der Waals surface area contributed by atoms with Gasteiger partial charge in [0.1, 0.15) is 10.0 Å². The molecule has 1 aliphatic rings. The van der Waals surface area contributed by atoms with Crippen LogP contribution in [0.15, 0.2) is 12.4 Å². The van der Waals surface area contributed by atoms with Crippen LogP contribution in [0.4, 0.5) is 10.9 Å². The highest BCUT2D eigenvalue weighted by molar-refractivity contribution is 7.19. The number of aromatic nitrogens is 3. The molecule has 0 aliphatic carbocycles. The van der Waals surface area contributed by atoms with Crippen molar-refractivity contribution < 1.29 is 4.79 Å². The molecule has 1 amide bonds. The van der Waals surface area contributed by atoms with E-state index < -0.39 is 0 Å². The SMILES string of the molecule is Cc1nc(-c2cnc(N3CCNCC3)nc2)sc1NC=O. The third-order valence-corrected chi connectivity index (χ3v) is 4.41. The van der Waals surface area contributed by atoms with Crippen LogP contribution < -0.4 is 15.5 Å². The van der Waals surface area contributed by atoms with Gasteiger partial charge in [0.2, 0.25) is 12.4 Å². The third kappa shape index (κ3) is 3.01. The summed E-state index contributed by atoms with van der Waals surface area (Å²) in [6.45, 7) is 5.61. The summed E-state index contributed by atoms with van der Waals surface area (Å²) in [5.74, 6) is 0.750. The first-order chi connectivity index (χ1) is 10.3. The van der Waals surface area contributed by atoms with Gasteiger partial charge in [0.25, 0.3) is 0 Å². The molecule has 0 bridgehead atoms. The van der Waals surface area contributed by atoms with Gasteiger partial charge in [0.05, 0.1) is 5.69 Å². The van der Waals surface area contributed by atoms with Gasteiger partial charge in [-0.3, -0.25) is 4.79 Å². The van der Waals surface area contributed by atoms with E-state index in [1.54, 1.807) is 12.4 Å². The van der Waals surface area contributed by atoms with Crippen molar-refractivity contribution >= 4 is 28.7 Å². The van der Waals surface area contributed by atoms with E-state index >= 15 is 0 Å². The fraction of sp³-hybridized carbons (Fsp3) is 0.385. The van der Waals surface area contributed by atoms with Gasteiger partial charge >= 0.3 is 0 Å². The first kappa shape index (κ1) is 13.9. The van der Waals surface area contributed by atoms with Crippen molar-refractivity contribution in [2.75, 3.05) is 36.4 Å². The molecule has 0 unspecified atom stereocenters. The van der Waals surface area contributed by atoms with Crippen molar-refractivity contribution in [2.24, 2.45) is 0 Å². The van der Waals surface area contributed by atoms with Crippen LogP contribution in [-0.2, 0) is 4.79 Å². The van der Waals surface area contributed by atoms with Crippen LogP contribution in [0.1, 0.15) is 5.69 Å². The molecule has 2 aromatic heterocycles. The molecular weight excluding hydrogens is 288 g/mol. The average Bonchev–Trinajstić information content (AvgIpc) is 2.90. The number of piperazine rings is 1. The molecule has 21 heavy (non-hydrogen) atoms. The zero-order valence-electron chi connectivity index (χ0n) is 11.7.